The molecule has 134 valence electrons. The Morgan fingerprint density at radius 3 is 2.77 bits per heavy atom. The van der Waals surface area contributed by atoms with E-state index in [9.17, 15) is 9.18 Å². The maximum Gasteiger partial charge on any atom is 0.252 e. The van der Waals surface area contributed by atoms with Crippen LogP contribution in [0.4, 0.5) is 10.3 Å². The van der Waals surface area contributed by atoms with E-state index < -0.39 is 0 Å². The van der Waals surface area contributed by atoms with Gasteiger partial charge in [-0.25, -0.2) is 19.5 Å². The van der Waals surface area contributed by atoms with Crippen molar-refractivity contribution >= 4 is 23.8 Å². The van der Waals surface area contributed by atoms with Crippen molar-refractivity contribution in [3.8, 4) is 0 Å². The van der Waals surface area contributed by atoms with Crippen molar-refractivity contribution in [2.24, 2.45) is 5.10 Å². The van der Waals surface area contributed by atoms with Crippen LogP contribution in [0.2, 0.25) is 5.15 Å². The molecule has 0 radical (unpaired) electrons. The number of hydrogen-bond acceptors (Lipinski definition) is 5. The van der Waals surface area contributed by atoms with E-state index in [4.69, 9.17) is 11.6 Å². The summed E-state index contributed by atoms with van der Waals surface area (Å²) in [6.07, 6.45) is 1.51. The van der Waals surface area contributed by atoms with Crippen molar-refractivity contribution in [2.75, 3.05) is 5.43 Å². The zero-order valence-corrected chi connectivity index (χ0v) is 14.9. The molecule has 2 heterocycles. The van der Waals surface area contributed by atoms with Gasteiger partial charge in [0.05, 0.1) is 24.0 Å². The summed E-state index contributed by atoms with van der Waals surface area (Å²) in [6.45, 7) is 3.93. The summed E-state index contributed by atoms with van der Waals surface area (Å²) in [4.78, 5) is 18.0. The van der Waals surface area contributed by atoms with Gasteiger partial charge in [0.25, 0.3) is 5.56 Å². The molecular weight excluding hydrogens is 359 g/mol. The van der Waals surface area contributed by atoms with Gasteiger partial charge in [0.2, 0.25) is 5.95 Å². The highest BCUT2D eigenvalue weighted by Crippen LogP contribution is 2.19. The highest BCUT2D eigenvalue weighted by atomic mass is 35.5. The van der Waals surface area contributed by atoms with Crippen LogP contribution in [-0.2, 0) is 6.54 Å². The summed E-state index contributed by atoms with van der Waals surface area (Å²) in [7, 11) is 0. The van der Waals surface area contributed by atoms with E-state index in [1.165, 1.54) is 24.4 Å². The average molecular weight is 375 g/mol. The van der Waals surface area contributed by atoms with Crippen LogP contribution in [0.5, 0.6) is 0 Å². The molecule has 0 aliphatic carbocycles. The average Bonchev–Trinajstić information content (AvgIpc) is 2.83. The van der Waals surface area contributed by atoms with Crippen molar-refractivity contribution < 1.29 is 4.39 Å². The summed E-state index contributed by atoms with van der Waals surface area (Å²) in [5.41, 5.74) is 5.17. The number of benzene rings is 1. The Hall–Kier alpha value is -3.00. The summed E-state index contributed by atoms with van der Waals surface area (Å²) < 4.78 is 14.6. The summed E-state index contributed by atoms with van der Waals surface area (Å²) in [6, 6.07) is 7.52. The normalized spacial score (nSPS) is 11.2. The second kappa shape index (κ2) is 7.49. The van der Waals surface area contributed by atoms with E-state index in [1.54, 1.807) is 30.7 Å². The minimum atomic E-state index is -0.293. The minimum Gasteiger partial charge on any atom is -0.291 e. The minimum absolute atomic E-state index is 0.235. The number of hydrazone groups is 1. The zero-order valence-electron chi connectivity index (χ0n) is 14.1. The summed E-state index contributed by atoms with van der Waals surface area (Å²) in [5.74, 6) is -0.0584. The highest BCUT2D eigenvalue weighted by Gasteiger charge is 2.12. The molecule has 0 fully saturated rings. The lowest BCUT2D eigenvalue weighted by Crippen LogP contribution is -2.10. The Morgan fingerprint density at radius 1 is 1.35 bits per heavy atom. The number of aromatic amines is 1. The molecule has 2 aromatic heterocycles. The standard InChI is InChI=1S/C17H16ClFN6O/c1-10-7-15(26)22-17(21-10)23-20-8-14-11(2)24-25(16(14)18)9-12-3-5-13(19)6-4-12/h3-8H,9H2,1-2H3,(H2,21,22,23,26)/b20-8-. The lowest BCUT2D eigenvalue weighted by Gasteiger charge is -2.03. The molecule has 9 heteroatoms. The first-order valence-corrected chi connectivity index (χ1v) is 8.14. The van der Waals surface area contributed by atoms with Gasteiger partial charge in [-0.2, -0.15) is 10.2 Å². The van der Waals surface area contributed by atoms with E-state index >= 15 is 0 Å². The SMILES string of the molecule is Cc1cc(=O)[nH]c(N/N=C\c2c(C)nn(Cc3ccc(F)cc3)c2Cl)n1. The third-order valence-corrected chi connectivity index (χ3v) is 3.99. The van der Waals surface area contributed by atoms with Gasteiger partial charge in [-0.1, -0.05) is 23.7 Å². The number of nitrogens with one attached hydrogen (secondary N) is 2. The Labute approximate surface area is 153 Å². The fraction of sp³-hybridized carbons (Fsp3) is 0.176. The molecule has 0 amide bonds. The molecule has 26 heavy (non-hydrogen) atoms. The second-order valence-electron chi connectivity index (χ2n) is 5.68. The second-order valence-corrected chi connectivity index (χ2v) is 6.04. The Kier molecular flexibility index (Phi) is 5.13. The number of aryl methyl sites for hydroxylation is 2. The first-order chi connectivity index (χ1) is 12.4. The van der Waals surface area contributed by atoms with Crippen LogP contribution < -0.4 is 11.0 Å². The lowest BCUT2D eigenvalue weighted by atomic mass is 10.2. The monoisotopic (exact) mass is 374 g/mol. The maximum atomic E-state index is 13.0. The van der Waals surface area contributed by atoms with E-state index in [2.05, 4.69) is 25.6 Å². The van der Waals surface area contributed by atoms with E-state index in [0.717, 1.165) is 5.56 Å². The number of aromatic nitrogens is 4. The van der Waals surface area contributed by atoms with Gasteiger partial charge in [0.15, 0.2) is 0 Å². The fourth-order valence-corrected chi connectivity index (χ4v) is 2.65. The van der Waals surface area contributed by atoms with Crippen LogP contribution in [0.15, 0.2) is 40.2 Å². The van der Waals surface area contributed by atoms with Gasteiger partial charge in [-0.15, -0.1) is 0 Å². The first-order valence-electron chi connectivity index (χ1n) is 7.77. The van der Waals surface area contributed by atoms with E-state index in [0.29, 0.717) is 28.6 Å². The lowest BCUT2D eigenvalue weighted by molar-refractivity contribution is 0.624. The fourth-order valence-electron chi connectivity index (χ4n) is 2.37. The third-order valence-electron chi connectivity index (χ3n) is 3.59. The van der Waals surface area contributed by atoms with E-state index in [-0.39, 0.29) is 17.3 Å². The van der Waals surface area contributed by atoms with Crippen LogP contribution in [0.25, 0.3) is 0 Å². The number of hydrogen-bond donors (Lipinski definition) is 2. The van der Waals surface area contributed by atoms with Crippen molar-refractivity contribution in [3.05, 3.63) is 74.2 Å². The number of anilines is 1. The molecule has 7 nitrogen and oxygen atoms in total. The predicted molar refractivity (Wildman–Crippen MR) is 98.3 cm³/mol. The molecule has 3 aromatic rings. The van der Waals surface area contributed by atoms with Crippen LogP contribution in [0.3, 0.4) is 0 Å². The van der Waals surface area contributed by atoms with Crippen molar-refractivity contribution in [1.29, 1.82) is 0 Å². The number of halogens is 2. The molecule has 0 saturated heterocycles. The quantitative estimate of drug-likeness (QED) is 0.531. The van der Waals surface area contributed by atoms with Crippen LogP contribution in [0, 0.1) is 19.7 Å². The molecule has 0 bridgehead atoms. The molecule has 0 aliphatic rings. The Morgan fingerprint density at radius 2 is 2.08 bits per heavy atom. The molecule has 0 atom stereocenters. The largest absolute Gasteiger partial charge is 0.291 e. The van der Waals surface area contributed by atoms with Crippen molar-refractivity contribution in [2.45, 2.75) is 20.4 Å². The number of H-pyrrole nitrogens is 1. The van der Waals surface area contributed by atoms with Crippen LogP contribution in [0.1, 0.15) is 22.5 Å². The topological polar surface area (TPSA) is 88.0 Å². The third kappa shape index (κ3) is 4.15. The van der Waals surface area contributed by atoms with Gasteiger partial charge < -0.3 is 0 Å². The van der Waals surface area contributed by atoms with Gasteiger partial charge in [-0.3, -0.25) is 9.78 Å². The molecule has 0 saturated carbocycles. The van der Waals surface area contributed by atoms with Gasteiger partial charge in [0, 0.05) is 11.8 Å². The summed E-state index contributed by atoms with van der Waals surface area (Å²) >= 11 is 6.38. The number of rotatable bonds is 5. The Balaban J connectivity index is 1.77. The van der Waals surface area contributed by atoms with Crippen molar-refractivity contribution in [1.82, 2.24) is 19.7 Å². The van der Waals surface area contributed by atoms with Gasteiger partial charge >= 0.3 is 0 Å². The summed E-state index contributed by atoms with van der Waals surface area (Å²) in [5, 5.41) is 8.84. The molecule has 0 aliphatic heterocycles. The highest BCUT2D eigenvalue weighted by molar-refractivity contribution is 6.32. The predicted octanol–water partition coefficient (Wildman–Crippen LogP) is 2.87. The van der Waals surface area contributed by atoms with Gasteiger partial charge in [0.1, 0.15) is 11.0 Å². The molecule has 1 aromatic carbocycles. The van der Waals surface area contributed by atoms with Crippen LogP contribution in [-0.4, -0.2) is 26.0 Å². The van der Waals surface area contributed by atoms with E-state index in [1.807, 2.05) is 0 Å². The molecular formula is C17H16ClFN6O. The maximum absolute atomic E-state index is 13.0. The van der Waals surface area contributed by atoms with Gasteiger partial charge in [-0.05, 0) is 31.5 Å². The molecule has 0 unspecified atom stereocenters. The van der Waals surface area contributed by atoms with Crippen molar-refractivity contribution in [3.63, 3.8) is 0 Å². The molecule has 3 rings (SSSR count). The number of nitrogens with zero attached hydrogens (tertiary/aromatic N) is 4. The van der Waals surface area contributed by atoms with Crippen LogP contribution >= 0.6 is 11.6 Å². The molecule has 2 N–H and O–H groups in total. The zero-order chi connectivity index (χ0) is 18.7. The first kappa shape index (κ1) is 17.8. The molecule has 0 spiro atoms. The Bertz CT molecular complexity index is 1010. The smallest absolute Gasteiger partial charge is 0.252 e.